The molecule has 2 rings (SSSR count). The van der Waals surface area contributed by atoms with Gasteiger partial charge >= 0.3 is 0 Å². The molecule has 7 nitrogen and oxygen atoms in total. The molecule has 0 fully saturated rings. The molecule has 1 heterocycles. The van der Waals surface area contributed by atoms with Crippen LogP contribution in [0.4, 0.5) is 0 Å². The molecule has 1 aliphatic heterocycles. The van der Waals surface area contributed by atoms with E-state index in [9.17, 15) is 9.59 Å². The molecule has 29 heavy (non-hydrogen) atoms. The van der Waals surface area contributed by atoms with E-state index in [0.29, 0.717) is 50.3 Å². The summed E-state index contributed by atoms with van der Waals surface area (Å²) in [5.41, 5.74) is 0.916. The molecule has 162 valence electrons. The Bertz CT molecular complexity index is 663. The van der Waals surface area contributed by atoms with Crippen LogP contribution in [0.2, 0.25) is 0 Å². The average Bonchev–Trinajstić information content (AvgIpc) is 2.68. The van der Waals surface area contributed by atoms with Gasteiger partial charge in [0.1, 0.15) is 0 Å². The highest BCUT2D eigenvalue weighted by Crippen LogP contribution is 2.32. The van der Waals surface area contributed by atoms with E-state index in [0.717, 1.165) is 24.8 Å². The maximum Gasteiger partial charge on any atom is 0.234 e. The number of fused-ring (bicyclic) bond motifs is 1. The summed E-state index contributed by atoms with van der Waals surface area (Å²) in [5, 5.41) is 5.88. The molecule has 0 bridgehead atoms. The second kappa shape index (κ2) is 12.3. The van der Waals surface area contributed by atoms with E-state index in [4.69, 9.17) is 9.47 Å². The Morgan fingerprint density at radius 1 is 1.28 bits per heavy atom. The van der Waals surface area contributed by atoms with E-state index in [1.807, 2.05) is 30.0 Å². The number of para-hydroxylation sites is 1. The van der Waals surface area contributed by atoms with Crippen molar-refractivity contribution in [2.45, 2.75) is 46.6 Å². The fourth-order valence-electron chi connectivity index (χ4n) is 3.17. The van der Waals surface area contributed by atoms with Crippen LogP contribution in [0.1, 0.15) is 45.6 Å². The number of nitrogens with one attached hydrogen (secondary N) is 2. The highest BCUT2D eigenvalue weighted by atomic mass is 16.5. The second-order valence-electron chi connectivity index (χ2n) is 7.78. The molecule has 0 aliphatic carbocycles. The van der Waals surface area contributed by atoms with Crippen LogP contribution in [-0.2, 0) is 16.1 Å². The van der Waals surface area contributed by atoms with Crippen molar-refractivity contribution in [1.29, 1.82) is 0 Å². The molecule has 7 heteroatoms. The molecule has 0 saturated carbocycles. The van der Waals surface area contributed by atoms with Gasteiger partial charge < -0.3 is 20.1 Å². The van der Waals surface area contributed by atoms with E-state index in [-0.39, 0.29) is 24.9 Å². The fraction of sp³-hybridized carbons (Fsp3) is 0.636. The Hall–Kier alpha value is -2.28. The predicted molar refractivity (Wildman–Crippen MR) is 113 cm³/mol. The quantitative estimate of drug-likeness (QED) is 0.759. The summed E-state index contributed by atoms with van der Waals surface area (Å²) in [5.74, 6) is 1.64. The van der Waals surface area contributed by atoms with Gasteiger partial charge in [-0.3, -0.25) is 14.5 Å². The summed E-state index contributed by atoms with van der Waals surface area (Å²) < 4.78 is 11.8. The molecule has 2 amide bonds. The Labute approximate surface area is 174 Å². The summed E-state index contributed by atoms with van der Waals surface area (Å²) in [6, 6.07) is 5.78. The molecular weight excluding hydrogens is 370 g/mol. The molecular formula is C22H35N3O4. The molecule has 0 aromatic heterocycles. The van der Waals surface area contributed by atoms with Gasteiger partial charge in [-0.2, -0.15) is 0 Å². The average molecular weight is 406 g/mol. The summed E-state index contributed by atoms with van der Waals surface area (Å²) >= 11 is 0. The molecule has 0 saturated heterocycles. The molecule has 2 N–H and O–H groups in total. The molecule has 0 unspecified atom stereocenters. The maximum absolute atomic E-state index is 12.4. The van der Waals surface area contributed by atoms with Crippen LogP contribution in [-0.4, -0.2) is 56.1 Å². The number of rotatable bonds is 6. The van der Waals surface area contributed by atoms with Crippen molar-refractivity contribution in [2.24, 2.45) is 5.92 Å². The normalized spacial score (nSPS) is 16.5. The van der Waals surface area contributed by atoms with Gasteiger partial charge in [0.05, 0.1) is 26.3 Å². The third-order valence-corrected chi connectivity index (χ3v) is 4.59. The van der Waals surface area contributed by atoms with E-state index in [1.54, 1.807) is 0 Å². The number of carbonyl (C=O) groups is 2. The summed E-state index contributed by atoms with van der Waals surface area (Å²) in [4.78, 5) is 26.6. The molecule has 0 radical (unpaired) electrons. The van der Waals surface area contributed by atoms with Crippen molar-refractivity contribution in [3.8, 4) is 11.5 Å². The Kier molecular flexibility index (Phi) is 9.77. The van der Waals surface area contributed by atoms with Crippen LogP contribution < -0.4 is 20.1 Å². The summed E-state index contributed by atoms with van der Waals surface area (Å²) in [6.07, 6.45) is 2.80. The van der Waals surface area contributed by atoms with Crippen LogP contribution in [0.3, 0.4) is 0 Å². The van der Waals surface area contributed by atoms with Crippen LogP contribution in [0, 0.1) is 5.92 Å². The number of ether oxygens (including phenoxy) is 2. The van der Waals surface area contributed by atoms with E-state index >= 15 is 0 Å². The van der Waals surface area contributed by atoms with Gasteiger partial charge in [0, 0.05) is 25.2 Å². The molecule has 1 aromatic carbocycles. The minimum Gasteiger partial charge on any atom is -0.490 e. The summed E-state index contributed by atoms with van der Waals surface area (Å²) in [6.45, 7) is 9.19. The minimum atomic E-state index is -0.0840. The topological polar surface area (TPSA) is 79.9 Å². The van der Waals surface area contributed by atoms with Gasteiger partial charge in [-0.25, -0.2) is 0 Å². The minimum absolute atomic E-state index is 0.0654. The highest BCUT2D eigenvalue weighted by molar-refractivity contribution is 5.81. The number of hydrogen-bond donors (Lipinski definition) is 2. The van der Waals surface area contributed by atoms with Gasteiger partial charge in [0.2, 0.25) is 11.8 Å². The summed E-state index contributed by atoms with van der Waals surface area (Å²) in [7, 11) is 0. The smallest absolute Gasteiger partial charge is 0.234 e. The van der Waals surface area contributed by atoms with Gasteiger partial charge in [-0.1, -0.05) is 26.0 Å². The van der Waals surface area contributed by atoms with Crippen molar-refractivity contribution < 1.29 is 19.1 Å². The van der Waals surface area contributed by atoms with Crippen molar-refractivity contribution in [3.05, 3.63) is 23.8 Å². The number of nitrogens with zero attached hydrogens (tertiary/aromatic N) is 1. The lowest BCUT2D eigenvalue weighted by Crippen LogP contribution is -2.43. The van der Waals surface area contributed by atoms with Crippen LogP contribution >= 0.6 is 0 Å². The van der Waals surface area contributed by atoms with Gasteiger partial charge in [-0.05, 0) is 38.2 Å². The Morgan fingerprint density at radius 2 is 2.10 bits per heavy atom. The van der Waals surface area contributed by atoms with Crippen molar-refractivity contribution in [3.63, 3.8) is 0 Å². The molecule has 1 aromatic rings. The molecule has 1 aliphatic rings. The standard InChI is InChI=1S/C22H35N3O4/c1-4-28-19-10-8-9-18-14-25(16-21(27)24-13-17(2)3)15-20(26)23-11-6-5-7-12-29-22(18)19/h8-10,17H,4-7,11-16H2,1-3H3,(H,23,26)(H,24,27). The first-order chi connectivity index (χ1) is 14.0. The van der Waals surface area contributed by atoms with E-state index < -0.39 is 0 Å². The lowest BCUT2D eigenvalue weighted by atomic mass is 10.1. The number of hydrogen-bond acceptors (Lipinski definition) is 5. The largest absolute Gasteiger partial charge is 0.490 e. The van der Waals surface area contributed by atoms with E-state index in [2.05, 4.69) is 24.5 Å². The SMILES string of the molecule is CCOc1cccc2c1OCCCCCNC(=O)CN(CC(=O)NCC(C)C)C2. The van der Waals surface area contributed by atoms with Crippen molar-refractivity contribution in [1.82, 2.24) is 15.5 Å². The first-order valence-electron chi connectivity index (χ1n) is 10.6. The lowest BCUT2D eigenvalue weighted by Gasteiger charge is -2.23. The molecule has 0 spiro atoms. The van der Waals surface area contributed by atoms with Gasteiger partial charge in [-0.15, -0.1) is 0 Å². The Balaban J connectivity index is 2.22. The fourth-order valence-corrected chi connectivity index (χ4v) is 3.17. The maximum atomic E-state index is 12.4. The predicted octanol–water partition coefficient (Wildman–Crippen LogP) is 2.34. The molecule has 0 atom stereocenters. The number of carbonyl (C=O) groups excluding carboxylic acids is 2. The second-order valence-corrected chi connectivity index (χ2v) is 7.78. The number of amides is 2. The van der Waals surface area contributed by atoms with Crippen LogP contribution in [0.5, 0.6) is 11.5 Å². The zero-order valence-corrected chi connectivity index (χ0v) is 18.0. The van der Waals surface area contributed by atoms with E-state index in [1.165, 1.54) is 0 Å². The zero-order valence-electron chi connectivity index (χ0n) is 18.0. The first-order valence-corrected chi connectivity index (χ1v) is 10.6. The third kappa shape index (κ3) is 8.31. The number of benzene rings is 1. The van der Waals surface area contributed by atoms with Gasteiger partial charge in [0.15, 0.2) is 11.5 Å². The first kappa shape index (κ1) is 23.0. The van der Waals surface area contributed by atoms with Crippen LogP contribution in [0.25, 0.3) is 0 Å². The van der Waals surface area contributed by atoms with Crippen molar-refractivity contribution in [2.75, 3.05) is 39.4 Å². The Morgan fingerprint density at radius 3 is 2.86 bits per heavy atom. The third-order valence-electron chi connectivity index (χ3n) is 4.59. The van der Waals surface area contributed by atoms with Crippen LogP contribution in [0.15, 0.2) is 18.2 Å². The highest BCUT2D eigenvalue weighted by Gasteiger charge is 2.19. The lowest BCUT2D eigenvalue weighted by molar-refractivity contribution is -0.125. The van der Waals surface area contributed by atoms with Crippen molar-refractivity contribution >= 4 is 11.8 Å². The van der Waals surface area contributed by atoms with Gasteiger partial charge in [0.25, 0.3) is 0 Å². The zero-order chi connectivity index (χ0) is 21.1. The monoisotopic (exact) mass is 405 g/mol.